The van der Waals surface area contributed by atoms with Gasteiger partial charge in [-0.25, -0.2) is 0 Å². The van der Waals surface area contributed by atoms with Crippen molar-refractivity contribution in [3.8, 4) is 0 Å². The quantitative estimate of drug-likeness (QED) is 0.883. The first-order chi connectivity index (χ1) is 13.3. The first-order valence-corrected chi connectivity index (χ1v) is 9.95. The summed E-state index contributed by atoms with van der Waals surface area (Å²) < 4.78 is 0. The summed E-state index contributed by atoms with van der Waals surface area (Å²) >= 11 is 0. The molecule has 2 aliphatic heterocycles. The summed E-state index contributed by atoms with van der Waals surface area (Å²) in [7, 11) is 0. The van der Waals surface area contributed by atoms with Crippen LogP contribution in [0.3, 0.4) is 0 Å². The molecule has 0 aliphatic carbocycles. The zero-order valence-corrected chi connectivity index (χ0v) is 15.7. The Bertz CT molecular complexity index is 735. The molecule has 2 aromatic rings. The number of rotatable bonds is 5. The Morgan fingerprint density at radius 3 is 2.07 bits per heavy atom. The van der Waals surface area contributed by atoms with Crippen molar-refractivity contribution in [3.63, 3.8) is 0 Å². The lowest BCUT2D eigenvalue weighted by atomic mass is 9.96. The summed E-state index contributed by atoms with van der Waals surface area (Å²) in [5.74, 6) is 2.14. The highest BCUT2D eigenvalue weighted by molar-refractivity contribution is 5.79. The molecule has 0 spiro atoms. The zero-order valence-electron chi connectivity index (χ0n) is 15.7. The molecule has 27 heavy (non-hydrogen) atoms. The number of benzene rings is 1. The van der Waals surface area contributed by atoms with E-state index in [-0.39, 0.29) is 11.8 Å². The van der Waals surface area contributed by atoms with Crippen LogP contribution in [0, 0.1) is 5.92 Å². The monoisotopic (exact) mass is 365 g/mol. The Morgan fingerprint density at radius 1 is 0.889 bits per heavy atom. The van der Waals surface area contributed by atoms with E-state index >= 15 is 0 Å². The molecule has 142 valence electrons. The van der Waals surface area contributed by atoms with Crippen LogP contribution in [0.2, 0.25) is 0 Å². The summed E-state index contributed by atoms with van der Waals surface area (Å²) in [5, 5.41) is 11.9. The van der Waals surface area contributed by atoms with Crippen molar-refractivity contribution in [2.45, 2.75) is 32.2 Å². The second-order valence-corrected chi connectivity index (χ2v) is 7.41. The van der Waals surface area contributed by atoms with E-state index in [1.165, 1.54) is 12.8 Å². The maximum Gasteiger partial charge on any atom is 0.223 e. The third-order valence-corrected chi connectivity index (χ3v) is 5.57. The second-order valence-electron chi connectivity index (χ2n) is 7.41. The predicted octanol–water partition coefficient (Wildman–Crippen LogP) is 2.61. The third-order valence-electron chi connectivity index (χ3n) is 5.57. The fourth-order valence-electron chi connectivity index (χ4n) is 3.90. The van der Waals surface area contributed by atoms with Crippen LogP contribution >= 0.6 is 0 Å². The van der Waals surface area contributed by atoms with Crippen LogP contribution in [0.25, 0.3) is 0 Å². The van der Waals surface area contributed by atoms with Crippen LogP contribution in [0.15, 0.2) is 42.5 Å². The summed E-state index contributed by atoms with van der Waals surface area (Å²) in [6, 6.07) is 14.2. The minimum absolute atomic E-state index is 0.0850. The van der Waals surface area contributed by atoms with Crippen molar-refractivity contribution in [2.24, 2.45) is 5.92 Å². The standard InChI is InChI=1S/C21H27N5O/c27-21(22-16-17-6-2-1-3-7-17)18-10-14-26(15-11-18)20-9-8-19(23-24-20)25-12-4-5-13-25/h1-3,6-9,18H,4-5,10-16H2,(H,22,27). The number of aromatic nitrogens is 2. The van der Waals surface area contributed by atoms with Gasteiger partial charge < -0.3 is 15.1 Å². The molecule has 0 radical (unpaired) electrons. The molecule has 0 unspecified atom stereocenters. The van der Waals surface area contributed by atoms with Gasteiger partial charge in [0.25, 0.3) is 0 Å². The molecule has 6 nitrogen and oxygen atoms in total. The Balaban J connectivity index is 1.26. The van der Waals surface area contributed by atoms with Crippen molar-refractivity contribution >= 4 is 17.5 Å². The van der Waals surface area contributed by atoms with Gasteiger partial charge in [-0.1, -0.05) is 30.3 Å². The average Bonchev–Trinajstić information content (AvgIpc) is 3.28. The van der Waals surface area contributed by atoms with Crippen molar-refractivity contribution in [2.75, 3.05) is 36.0 Å². The fourth-order valence-corrected chi connectivity index (χ4v) is 3.90. The predicted molar refractivity (Wildman–Crippen MR) is 107 cm³/mol. The second kappa shape index (κ2) is 8.37. The number of hydrogen-bond acceptors (Lipinski definition) is 5. The largest absolute Gasteiger partial charge is 0.355 e. The van der Waals surface area contributed by atoms with E-state index in [1.54, 1.807) is 0 Å². The molecule has 4 rings (SSSR count). The Kier molecular flexibility index (Phi) is 5.51. The molecule has 0 saturated carbocycles. The van der Waals surface area contributed by atoms with Gasteiger partial charge in [-0.2, -0.15) is 0 Å². The van der Waals surface area contributed by atoms with Crippen LogP contribution in [0.5, 0.6) is 0 Å². The lowest BCUT2D eigenvalue weighted by molar-refractivity contribution is -0.125. The molecule has 1 aromatic carbocycles. The number of carbonyl (C=O) groups excluding carboxylic acids is 1. The molecule has 2 fully saturated rings. The van der Waals surface area contributed by atoms with Crippen LogP contribution in [-0.2, 0) is 11.3 Å². The van der Waals surface area contributed by atoms with Crippen molar-refractivity contribution in [1.29, 1.82) is 0 Å². The van der Waals surface area contributed by atoms with E-state index in [0.29, 0.717) is 6.54 Å². The van der Waals surface area contributed by atoms with Crippen LogP contribution in [0.1, 0.15) is 31.2 Å². The van der Waals surface area contributed by atoms with E-state index < -0.39 is 0 Å². The van der Waals surface area contributed by atoms with E-state index in [4.69, 9.17) is 0 Å². The SMILES string of the molecule is O=C(NCc1ccccc1)C1CCN(c2ccc(N3CCCC3)nn2)CC1. The number of amides is 1. The Labute approximate surface area is 160 Å². The highest BCUT2D eigenvalue weighted by Gasteiger charge is 2.25. The normalized spacial score (nSPS) is 17.9. The van der Waals surface area contributed by atoms with Gasteiger partial charge in [0.05, 0.1) is 0 Å². The van der Waals surface area contributed by atoms with Crippen LogP contribution in [0.4, 0.5) is 11.6 Å². The number of anilines is 2. The molecular weight excluding hydrogens is 338 g/mol. The molecular formula is C21H27N5O. The van der Waals surface area contributed by atoms with Gasteiger partial charge in [-0.3, -0.25) is 4.79 Å². The zero-order chi connectivity index (χ0) is 18.5. The molecule has 3 heterocycles. The maximum absolute atomic E-state index is 12.4. The average molecular weight is 365 g/mol. The first kappa shape index (κ1) is 17.8. The van der Waals surface area contributed by atoms with E-state index in [2.05, 4.69) is 37.4 Å². The molecule has 2 saturated heterocycles. The fraction of sp³-hybridized carbons (Fsp3) is 0.476. The molecule has 6 heteroatoms. The van der Waals surface area contributed by atoms with Crippen molar-refractivity contribution < 1.29 is 4.79 Å². The summed E-state index contributed by atoms with van der Waals surface area (Å²) in [4.78, 5) is 17.0. The number of hydrogen-bond donors (Lipinski definition) is 1. The van der Waals surface area contributed by atoms with E-state index in [0.717, 1.165) is 56.2 Å². The number of nitrogens with one attached hydrogen (secondary N) is 1. The van der Waals surface area contributed by atoms with Crippen molar-refractivity contribution in [3.05, 3.63) is 48.0 Å². The summed E-state index contributed by atoms with van der Waals surface area (Å²) in [6.45, 7) is 4.46. The smallest absolute Gasteiger partial charge is 0.223 e. The lowest BCUT2D eigenvalue weighted by Crippen LogP contribution is -2.40. The highest BCUT2D eigenvalue weighted by Crippen LogP contribution is 2.24. The molecule has 0 atom stereocenters. The van der Waals surface area contributed by atoms with E-state index in [1.807, 2.05) is 30.3 Å². The molecule has 2 aliphatic rings. The van der Waals surface area contributed by atoms with Gasteiger partial charge in [0.15, 0.2) is 11.6 Å². The maximum atomic E-state index is 12.4. The van der Waals surface area contributed by atoms with Gasteiger partial charge in [-0.05, 0) is 43.4 Å². The third kappa shape index (κ3) is 4.38. The minimum Gasteiger partial charge on any atom is -0.355 e. The van der Waals surface area contributed by atoms with Gasteiger partial charge in [0.2, 0.25) is 5.91 Å². The molecule has 1 amide bonds. The number of carbonyl (C=O) groups is 1. The highest BCUT2D eigenvalue weighted by atomic mass is 16.1. The minimum atomic E-state index is 0.0850. The van der Waals surface area contributed by atoms with Gasteiger partial charge in [0, 0.05) is 38.6 Å². The molecule has 1 aromatic heterocycles. The number of nitrogens with zero attached hydrogens (tertiary/aromatic N) is 4. The summed E-state index contributed by atoms with van der Waals surface area (Å²) in [6.07, 6.45) is 4.19. The topological polar surface area (TPSA) is 61.4 Å². The number of piperidine rings is 1. The Hall–Kier alpha value is -2.63. The van der Waals surface area contributed by atoms with E-state index in [9.17, 15) is 4.79 Å². The molecule has 0 bridgehead atoms. The Morgan fingerprint density at radius 2 is 1.48 bits per heavy atom. The molecule has 1 N–H and O–H groups in total. The van der Waals surface area contributed by atoms with Gasteiger partial charge in [-0.15, -0.1) is 10.2 Å². The van der Waals surface area contributed by atoms with Crippen LogP contribution in [-0.4, -0.2) is 42.3 Å². The lowest BCUT2D eigenvalue weighted by Gasteiger charge is -2.32. The van der Waals surface area contributed by atoms with Crippen molar-refractivity contribution in [1.82, 2.24) is 15.5 Å². The first-order valence-electron chi connectivity index (χ1n) is 9.95. The van der Waals surface area contributed by atoms with Gasteiger partial charge >= 0.3 is 0 Å². The summed E-state index contributed by atoms with van der Waals surface area (Å²) in [5.41, 5.74) is 1.14. The van der Waals surface area contributed by atoms with Gasteiger partial charge in [0.1, 0.15) is 0 Å². The van der Waals surface area contributed by atoms with Crippen LogP contribution < -0.4 is 15.1 Å².